The summed E-state index contributed by atoms with van der Waals surface area (Å²) in [5, 5.41) is 1.15. The second-order valence-electron chi connectivity index (χ2n) is 4.87. The number of para-hydroxylation sites is 2. The third-order valence-corrected chi connectivity index (χ3v) is 3.80. The molecular formula is C17H15ClN2O. The van der Waals surface area contributed by atoms with Crippen molar-refractivity contribution in [3.8, 4) is 11.3 Å². The van der Waals surface area contributed by atoms with Gasteiger partial charge in [0, 0.05) is 29.2 Å². The summed E-state index contributed by atoms with van der Waals surface area (Å²) in [7, 11) is 1.74. The normalized spacial score (nSPS) is 10.8. The fourth-order valence-corrected chi connectivity index (χ4v) is 2.62. The lowest BCUT2D eigenvalue weighted by atomic mass is 10.1. The van der Waals surface area contributed by atoms with Gasteiger partial charge in [-0.3, -0.25) is 4.79 Å². The molecule has 0 saturated carbocycles. The number of hydrogen-bond acceptors (Lipinski definition) is 1. The molecule has 0 saturated heterocycles. The van der Waals surface area contributed by atoms with E-state index in [0.717, 1.165) is 27.8 Å². The van der Waals surface area contributed by atoms with E-state index in [-0.39, 0.29) is 11.8 Å². The molecule has 0 aliphatic carbocycles. The average Bonchev–Trinajstić information content (AvgIpc) is 2.97. The van der Waals surface area contributed by atoms with Crippen LogP contribution >= 0.6 is 11.6 Å². The molecule has 0 spiro atoms. The molecule has 1 heterocycles. The third kappa shape index (κ3) is 2.52. The van der Waals surface area contributed by atoms with Crippen LogP contribution in [0.5, 0.6) is 0 Å². The number of benzene rings is 2. The predicted octanol–water partition coefficient (Wildman–Crippen LogP) is 4.04. The smallest absolute Gasteiger partial charge is 0.241 e. The zero-order chi connectivity index (χ0) is 14.8. The Labute approximate surface area is 128 Å². The molecule has 1 amide bonds. The molecule has 2 aromatic carbocycles. The molecule has 1 N–H and O–H groups in total. The number of amides is 1. The largest absolute Gasteiger partial charge is 0.354 e. The minimum absolute atomic E-state index is 0.0302. The van der Waals surface area contributed by atoms with Gasteiger partial charge >= 0.3 is 0 Å². The van der Waals surface area contributed by atoms with Gasteiger partial charge in [-0.05, 0) is 18.2 Å². The predicted molar refractivity (Wildman–Crippen MR) is 87.9 cm³/mol. The standard InChI is InChI=1S/C17H15ClN2O/c1-20(17(21)11-18)16-9-5-3-7-13(16)15-10-12-6-2-4-8-14(12)19-15/h2-10,19H,11H2,1H3. The van der Waals surface area contributed by atoms with Gasteiger partial charge in [-0.25, -0.2) is 0 Å². The molecule has 3 nitrogen and oxygen atoms in total. The highest BCUT2D eigenvalue weighted by Gasteiger charge is 2.15. The van der Waals surface area contributed by atoms with E-state index < -0.39 is 0 Å². The molecule has 1 aromatic heterocycles. The summed E-state index contributed by atoms with van der Waals surface area (Å²) < 4.78 is 0. The number of aromatic nitrogens is 1. The number of anilines is 1. The van der Waals surface area contributed by atoms with Crippen molar-refractivity contribution < 1.29 is 4.79 Å². The number of carbonyl (C=O) groups excluding carboxylic acids is 1. The Kier molecular flexibility index (Phi) is 3.67. The SMILES string of the molecule is CN(C(=O)CCl)c1ccccc1-c1cc2ccccc2[nH]1. The first-order valence-corrected chi connectivity index (χ1v) is 7.24. The molecule has 106 valence electrons. The van der Waals surface area contributed by atoms with Crippen molar-refractivity contribution in [1.82, 2.24) is 4.98 Å². The van der Waals surface area contributed by atoms with Crippen molar-refractivity contribution in [2.45, 2.75) is 0 Å². The van der Waals surface area contributed by atoms with Crippen molar-refractivity contribution in [2.75, 3.05) is 17.8 Å². The summed E-state index contributed by atoms with van der Waals surface area (Å²) in [5.74, 6) is -0.155. The molecular weight excluding hydrogens is 284 g/mol. The van der Waals surface area contributed by atoms with Gasteiger partial charge in [0.1, 0.15) is 5.88 Å². The van der Waals surface area contributed by atoms with Crippen molar-refractivity contribution >= 4 is 34.1 Å². The molecule has 4 heteroatoms. The average molecular weight is 299 g/mol. The number of fused-ring (bicyclic) bond motifs is 1. The molecule has 3 aromatic rings. The lowest BCUT2D eigenvalue weighted by Crippen LogP contribution is -2.27. The number of H-pyrrole nitrogens is 1. The van der Waals surface area contributed by atoms with Crippen molar-refractivity contribution in [2.24, 2.45) is 0 Å². The van der Waals surface area contributed by atoms with Crippen LogP contribution in [0, 0.1) is 0 Å². The highest BCUT2D eigenvalue weighted by atomic mass is 35.5. The Morgan fingerprint density at radius 2 is 1.86 bits per heavy atom. The van der Waals surface area contributed by atoms with Crippen LogP contribution in [0.1, 0.15) is 0 Å². The van der Waals surface area contributed by atoms with Crippen LogP contribution < -0.4 is 4.90 Å². The second kappa shape index (κ2) is 5.62. The molecule has 0 aliphatic heterocycles. The molecule has 0 radical (unpaired) electrons. The van der Waals surface area contributed by atoms with E-state index in [4.69, 9.17) is 11.6 Å². The van der Waals surface area contributed by atoms with E-state index in [1.165, 1.54) is 0 Å². The number of nitrogens with zero attached hydrogens (tertiary/aromatic N) is 1. The number of nitrogens with one attached hydrogen (secondary N) is 1. The molecule has 21 heavy (non-hydrogen) atoms. The van der Waals surface area contributed by atoms with E-state index in [2.05, 4.69) is 17.1 Å². The van der Waals surface area contributed by atoms with Crippen molar-refractivity contribution in [1.29, 1.82) is 0 Å². The van der Waals surface area contributed by atoms with Crippen LogP contribution in [0.2, 0.25) is 0 Å². The van der Waals surface area contributed by atoms with Gasteiger partial charge in [-0.15, -0.1) is 11.6 Å². The summed E-state index contributed by atoms with van der Waals surface area (Å²) in [6, 6.07) is 18.0. The first-order valence-electron chi connectivity index (χ1n) is 6.70. The van der Waals surface area contributed by atoms with Crippen LogP contribution in [-0.2, 0) is 4.79 Å². The number of aromatic amines is 1. The van der Waals surface area contributed by atoms with E-state index in [1.54, 1.807) is 11.9 Å². The Bertz CT molecular complexity index is 761. The van der Waals surface area contributed by atoms with Crippen LogP contribution in [-0.4, -0.2) is 23.8 Å². The van der Waals surface area contributed by atoms with Gasteiger partial charge in [0.25, 0.3) is 0 Å². The van der Waals surface area contributed by atoms with Crippen LogP contribution in [0.3, 0.4) is 0 Å². The molecule has 0 bridgehead atoms. The summed E-state index contributed by atoms with van der Waals surface area (Å²) in [4.78, 5) is 16.8. The quantitative estimate of drug-likeness (QED) is 0.728. The lowest BCUT2D eigenvalue weighted by molar-refractivity contribution is -0.116. The molecule has 0 aliphatic rings. The van der Waals surface area contributed by atoms with E-state index >= 15 is 0 Å². The van der Waals surface area contributed by atoms with Gasteiger partial charge in [0.2, 0.25) is 5.91 Å². The first-order chi connectivity index (χ1) is 10.2. The monoisotopic (exact) mass is 298 g/mol. The summed E-state index contributed by atoms with van der Waals surface area (Å²) in [6.45, 7) is 0. The lowest BCUT2D eigenvalue weighted by Gasteiger charge is -2.19. The summed E-state index contributed by atoms with van der Waals surface area (Å²) in [5.41, 5.74) is 3.89. The maximum Gasteiger partial charge on any atom is 0.241 e. The summed E-state index contributed by atoms with van der Waals surface area (Å²) in [6.07, 6.45) is 0. The van der Waals surface area contributed by atoms with Crippen LogP contribution in [0.15, 0.2) is 54.6 Å². The molecule has 0 fully saturated rings. The Morgan fingerprint density at radius 3 is 2.62 bits per heavy atom. The number of halogens is 1. The molecule has 0 atom stereocenters. The van der Waals surface area contributed by atoms with Gasteiger partial charge in [0.05, 0.1) is 5.69 Å². The first kappa shape index (κ1) is 13.7. The van der Waals surface area contributed by atoms with Crippen molar-refractivity contribution in [3.63, 3.8) is 0 Å². The summed E-state index contributed by atoms with van der Waals surface area (Å²) >= 11 is 5.66. The zero-order valence-corrected chi connectivity index (χ0v) is 12.4. The third-order valence-electron chi connectivity index (χ3n) is 3.57. The van der Waals surface area contributed by atoms with E-state index in [9.17, 15) is 4.79 Å². The van der Waals surface area contributed by atoms with Crippen LogP contribution in [0.4, 0.5) is 5.69 Å². The van der Waals surface area contributed by atoms with Gasteiger partial charge in [-0.2, -0.15) is 0 Å². The van der Waals surface area contributed by atoms with Crippen LogP contribution in [0.25, 0.3) is 22.2 Å². The maximum atomic E-state index is 11.9. The fourth-order valence-electron chi connectivity index (χ4n) is 2.44. The molecule has 3 rings (SSSR count). The van der Waals surface area contributed by atoms with Crippen molar-refractivity contribution in [3.05, 3.63) is 54.6 Å². The Balaban J connectivity index is 2.12. The second-order valence-corrected chi connectivity index (χ2v) is 5.14. The van der Waals surface area contributed by atoms with Gasteiger partial charge in [-0.1, -0.05) is 36.4 Å². The van der Waals surface area contributed by atoms with E-state index in [1.807, 2.05) is 42.5 Å². The van der Waals surface area contributed by atoms with Gasteiger partial charge in [0.15, 0.2) is 0 Å². The highest BCUT2D eigenvalue weighted by Crippen LogP contribution is 2.31. The van der Waals surface area contributed by atoms with Gasteiger partial charge < -0.3 is 9.88 Å². The zero-order valence-electron chi connectivity index (χ0n) is 11.6. The number of rotatable bonds is 3. The minimum Gasteiger partial charge on any atom is -0.354 e. The number of carbonyl (C=O) groups is 1. The Morgan fingerprint density at radius 1 is 1.14 bits per heavy atom. The highest BCUT2D eigenvalue weighted by molar-refractivity contribution is 6.29. The maximum absolute atomic E-state index is 11.9. The van der Waals surface area contributed by atoms with E-state index in [0.29, 0.717) is 0 Å². The number of alkyl halides is 1. The minimum atomic E-state index is -0.125. The number of hydrogen-bond donors (Lipinski definition) is 1. The molecule has 0 unspecified atom stereocenters. The topological polar surface area (TPSA) is 36.1 Å². The Hall–Kier alpha value is -2.26. The fraction of sp³-hybridized carbons (Fsp3) is 0.118.